The number of hydrogen-bond acceptors (Lipinski definition) is 5. The van der Waals surface area contributed by atoms with Crippen molar-refractivity contribution in [3.05, 3.63) is 83.9 Å². The van der Waals surface area contributed by atoms with Crippen LogP contribution >= 0.6 is 0 Å². The molecule has 0 saturated carbocycles. The molecule has 0 aliphatic carbocycles. The van der Waals surface area contributed by atoms with Crippen LogP contribution in [0.5, 0.6) is 0 Å². The molecule has 7 nitrogen and oxygen atoms in total. The first kappa shape index (κ1) is 22.4. The van der Waals surface area contributed by atoms with Crippen LogP contribution in [0.1, 0.15) is 18.1 Å². The number of hydrogen-bond donors (Lipinski definition) is 3. The monoisotopic (exact) mass is 462 g/mol. The first-order chi connectivity index (χ1) is 15.8. The SMILES string of the molecule is CCS(=O)(=O)Nc1ccc2c(c1)/C(=C(\Nc1ccc(N(C)C)cc1)c1ccccc1)C(=O)N2. The zero-order valence-electron chi connectivity index (χ0n) is 18.7. The number of anilines is 4. The normalized spacial score (nSPS) is 14.3. The fourth-order valence-corrected chi connectivity index (χ4v) is 4.23. The number of sulfonamides is 1. The summed E-state index contributed by atoms with van der Waals surface area (Å²) in [6, 6.07) is 22.5. The third-order valence-electron chi connectivity index (χ3n) is 5.38. The van der Waals surface area contributed by atoms with Crippen LogP contribution in [0, 0.1) is 0 Å². The van der Waals surface area contributed by atoms with E-state index in [0.29, 0.717) is 28.2 Å². The van der Waals surface area contributed by atoms with Crippen molar-refractivity contribution in [3.63, 3.8) is 0 Å². The zero-order chi connectivity index (χ0) is 23.6. The van der Waals surface area contributed by atoms with Gasteiger partial charge in [0.2, 0.25) is 10.0 Å². The van der Waals surface area contributed by atoms with Crippen LogP contribution in [-0.4, -0.2) is 34.2 Å². The van der Waals surface area contributed by atoms with E-state index < -0.39 is 10.0 Å². The van der Waals surface area contributed by atoms with Gasteiger partial charge in [-0.1, -0.05) is 30.3 Å². The van der Waals surface area contributed by atoms with Gasteiger partial charge in [0.1, 0.15) is 0 Å². The summed E-state index contributed by atoms with van der Waals surface area (Å²) in [6.07, 6.45) is 0. The number of carbonyl (C=O) groups excluding carboxylic acids is 1. The summed E-state index contributed by atoms with van der Waals surface area (Å²) in [7, 11) is 0.508. The van der Waals surface area contributed by atoms with Crippen molar-refractivity contribution in [2.75, 3.05) is 40.1 Å². The van der Waals surface area contributed by atoms with E-state index in [9.17, 15) is 13.2 Å². The van der Waals surface area contributed by atoms with Gasteiger partial charge in [-0.15, -0.1) is 0 Å². The molecule has 1 amide bonds. The summed E-state index contributed by atoms with van der Waals surface area (Å²) < 4.78 is 26.7. The van der Waals surface area contributed by atoms with Crippen LogP contribution < -0.4 is 20.3 Å². The Morgan fingerprint density at radius 2 is 1.61 bits per heavy atom. The molecule has 3 aromatic carbocycles. The fraction of sp³-hybridized carbons (Fsp3) is 0.160. The molecule has 0 spiro atoms. The molecule has 0 atom stereocenters. The van der Waals surface area contributed by atoms with Crippen LogP contribution in [0.4, 0.5) is 22.7 Å². The van der Waals surface area contributed by atoms with Crippen LogP contribution in [0.15, 0.2) is 72.8 Å². The molecule has 33 heavy (non-hydrogen) atoms. The minimum atomic E-state index is -3.44. The predicted octanol–water partition coefficient (Wildman–Crippen LogP) is 4.45. The lowest BCUT2D eigenvalue weighted by Crippen LogP contribution is -2.14. The third-order valence-corrected chi connectivity index (χ3v) is 6.69. The zero-order valence-corrected chi connectivity index (χ0v) is 19.5. The Labute approximate surface area is 194 Å². The van der Waals surface area contributed by atoms with Crippen molar-refractivity contribution in [2.45, 2.75) is 6.92 Å². The fourth-order valence-electron chi connectivity index (χ4n) is 3.60. The van der Waals surface area contributed by atoms with Crippen LogP contribution in [0.25, 0.3) is 11.3 Å². The second-order valence-corrected chi connectivity index (χ2v) is 9.91. The second kappa shape index (κ2) is 8.99. The molecule has 1 aliphatic rings. The molecular formula is C25H26N4O3S. The Bertz CT molecular complexity index is 1320. The number of amides is 1. The van der Waals surface area contributed by atoms with Gasteiger partial charge in [0, 0.05) is 42.4 Å². The van der Waals surface area contributed by atoms with Gasteiger partial charge in [0.05, 0.1) is 17.0 Å². The quantitative estimate of drug-likeness (QED) is 0.452. The maximum absolute atomic E-state index is 13.1. The van der Waals surface area contributed by atoms with Crippen LogP contribution in [0.2, 0.25) is 0 Å². The number of fused-ring (bicyclic) bond motifs is 1. The molecule has 0 saturated heterocycles. The van der Waals surface area contributed by atoms with Crippen molar-refractivity contribution in [1.82, 2.24) is 0 Å². The van der Waals surface area contributed by atoms with Gasteiger partial charge in [-0.2, -0.15) is 0 Å². The Morgan fingerprint density at radius 1 is 0.939 bits per heavy atom. The maximum Gasteiger partial charge on any atom is 0.258 e. The molecule has 8 heteroatoms. The van der Waals surface area contributed by atoms with Crippen molar-refractivity contribution in [1.29, 1.82) is 0 Å². The number of carbonyl (C=O) groups is 1. The van der Waals surface area contributed by atoms with Crippen molar-refractivity contribution < 1.29 is 13.2 Å². The van der Waals surface area contributed by atoms with E-state index in [1.807, 2.05) is 73.6 Å². The minimum absolute atomic E-state index is 0.0380. The van der Waals surface area contributed by atoms with E-state index >= 15 is 0 Å². The number of rotatable bonds is 7. The topological polar surface area (TPSA) is 90.5 Å². The Kier molecular flexibility index (Phi) is 6.11. The molecule has 3 N–H and O–H groups in total. The van der Waals surface area contributed by atoms with Crippen molar-refractivity contribution in [2.24, 2.45) is 0 Å². The van der Waals surface area contributed by atoms with E-state index in [-0.39, 0.29) is 11.7 Å². The predicted molar refractivity (Wildman–Crippen MR) is 136 cm³/mol. The molecule has 1 heterocycles. The molecule has 0 radical (unpaired) electrons. The lowest BCUT2D eigenvalue weighted by molar-refractivity contribution is -0.110. The molecule has 0 fully saturated rings. The Morgan fingerprint density at radius 3 is 2.24 bits per heavy atom. The van der Waals surface area contributed by atoms with Gasteiger partial charge in [0.25, 0.3) is 5.91 Å². The van der Waals surface area contributed by atoms with E-state index in [1.165, 1.54) is 0 Å². The summed E-state index contributed by atoms with van der Waals surface area (Å²) in [5.74, 6) is -0.291. The van der Waals surface area contributed by atoms with Crippen LogP contribution in [-0.2, 0) is 14.8 Å². The highest BCUT2D eigenvalue weighted by molar-refractivity contribution is 7.92. The number of benzene rings is 3. The van der Waals surface area contributed by atoms with Gasteiger partial charge in [-0.25, -0.2) is 8.42 Å². The molecule has 3 aromatic rings. The Hall–Kier alpha value is -3.78. The average molecular weight is 463 g/mol. The van der Waals surface area contributed by atoms with Crippen molar-refractivity contribution >= 4 is 50.0 Å². The molecule has 1 aliphatic heterocycles. The van der Waals surface area contributed by atoms with E-state index in [0.717, 1.165) is 16.9 Å². The summed E-state index contributed by atoms with van der Waals surface area (Å²) in [4.78, 5) is 15.1. The molecule has 0 unspecified atom stereocenters. The molecule has 0 aromatic heterocycles. The third kappa shape index (κ3) is 4.85. The summed E-state index contributed by atoms with van der Waals surface area (Å²) in [5, 5.41) is 6.31. The first-order valence-electron chi connectivity index (χ1n) is 10.6. The van der Waals surface area contributed by atoms with Gasteiger partial charge in [-0.05, 0) is 55.0 Å². The van der Waals surface area contributed by atoms with Gasteiger partial charge >= 0.3 is 0 Å². The van der Waals surface area contributed by atoms with Gasteiger partial charge < -0.3 is 15.5 Å². The molecular weight excluding hydrogens is 436 g/mol. The lowest BCUT2D eigenvalue weighted by Gasteiger charge is -2.17. The van der Waals surface area contributed by atoms with E-state index in [2.05, 4.69) is 15.4 Å². The standard InChI is InChI=1S/C25H26N4O3S/c1-4-33(31,32)28-19-12-15-22-21(16-19)23(25(30)27-22)24(17-8-6-5-7-9-17)26-18-10-13-20(14-11-18)29(2)3/h5-16,26,28H,4H2,1-3H3,(H,27,30)/b24-23+. The molecule has 4 rings (SSSR count). The van der Waals surface area contributed by atoms with E-state index in [1.54, 1.807) is 25.1 Å². The average Bonchev–Trinajstić information content (AvgIpc) is 3.13. The highest BCUT2D eigenvalue weighted by Crippen LogP contribution is 2.39. The summed E-state index contributed by atoms with van der Waals surface area (Å²) >= 11 is 0. The number of nitrogens with one attached hydrogen (secondary N) is 3. The summed E-state index contributed by atoms with van der Waals surface area (Å²) in [6.45, 7) is 1.57. The van der Waals surface area contributed by atoms with E-state index in [4.69, 9.17) is 0 Å². The van der Waals surface area contributed by atoms with Crippen LogP contribution in [0.3, 0.4) is 0 Å². The smallest absolute Gasteiger partial charge is 0.258 e. The minimum Gasteiger partial charge on any atom is -0.378 e. The Balaban J connectivity index is 1.83. The van der Waals surface area contributed by atoms with Gasteiger partial charge in [0.15, 0.2) is 0 Å². The first-order valence-corrected chi connectivity index (χ1v) is 12.2. The van der Waals surface area contributed by atoms with Gasteiger partial charge in [-0.3, -0.25) is 9.52 Å². The number of nitrogens with zero attached hydrogens (tertiary/aromatic N) is 1. The highest BCUT2D eigenvalue weighted by atomic mass is 32.2. The summed E-state index contributed by atoms with van der Waals surface area (Å²) in [5.41, 5.74) is 5.49. The van der Waals surface area contributed by atoms with Crippen molar-refractivity contribution in [3.8, 4) is 0 Å². The second-order valence-electron chi connectivity index (χ2n) is 7.90. The highest BCUT2D eigenvalue weighted by Gasteiger charge is 2.29. The largest absolute Gasteiger partial charge is 0.378 e. The molecule has 170 valence electrons. The maximum atomic E-state index is 13.1. The lowest BCUT2D eigenvalue weighted by atomic mass is 9.99. The molecule has 0 bridgehead atoms.